The van der Waals surface area contributed by atoms with Gasteiger partial charge in [0.05, 0.1) is 6.61 Å². The van der Waals surface area contributed by atoms with Crippen LogP contribution in [0.4, 0.5) is 0 Å². The molecular weight excluding hydrogens is 196 g/mol. The third-order valence-electron chi connectivity index (χ3n) is 2.21. The van der Waals surface area contributed by atoms with Crippen LogP contribution < -0.4 is 0 Å². The van der Waals surface area contributed by atoms with Gasteiger partial charge < -0.3 is 15.3 Å². The van der Waals surface area contributed by atoms with Crippen LogP contribution in [0.2, 0.25) is 0 Å². The highest BCUT2D eigenvalue weighted by Gasteiger charge is 2.17. The topological polar surface area (TPSA) is 77.8 Å². The smallest absolute Gasteiger partial charge is 0.159 e. The number of rotatable bonds is 4. The molecule has 4 nitrogen and oxygen atoms in total. The minimum absolute atomic E-state index is 0.0567. The maximum absolute atomic E-state index is 11.0. The lowest BCUT2D eigenvalue weighted by Gasteiger charge is -2.15. The van der Waals surface area contributed by atoms with E-state index in [1.165, 1.54) is 6.92 Å². The lowest BCUT2D eigenvalue weighted by atomic mass is 10.0. The van der Waals surface area contributed by atoms with Crippen LogP contribution in [0.25, 0.3) is 0 Å². The van der Waals surface area contributed by atoms with Gasteiger partial charge in [-0.1, -0.05) is 24.3 Å². The quantitative estimate of drug-likeness (QED) is 0.623. The molecule has 0 radical (unpaired) electrons. The molecule has 0 aliphatic heterocycles. The Balaban J connectivity index is 2.84. The van der Waals surface area contributed by atoms with Crippen molar-refractivity contribution in [1.29, 1.82) is 0 Å². The maximum Gasteiger partial charge on any atom is 0.159 e. The molecule has 0 saturated carbocycles. The molecule has 0 fully saturated rings. The number of aliphatic hydroxyl groups is 3. The summed E-state index contributed by atoms with van der Waals surface area (Å²) in [4.78, 5) is 11.0. The van der Waals surface area contributed by atoms with E-state index in [0.717, 1.165) is 0 Å². The summed E-state index contributed by atoms with van der Waals surface area (Å²) >= 11 is 0. The van der Waals surface area contributed by atoms with E-state index in [1.807, 2.05) is 0 Å². The van der Waals surface area contributed by atoms with E-state index in [-0.39, 0.29) is 5.78 Å². The van der Waals surface area contributed by atoms with E-state index in [4.69, 9.17) is 5.11 Å². The molecule has 0 aliphatic carbocycles. The molecule has 0 spiro atoms. The Morgan fingerprint density at radius 1 is 1.27 bits per heavy atom. The summed E-state index contributed by atoms with van der Waals surface area (Å²) in [6.07, 6.45) is -2.33. The Morgan fingerprint density at radius 3 is 2.20 bits per heavy atom. The summed E-state index contributed by atoms with van der Waals surface area (Å²) < 4.78 is 0. The fourth-order valence-electron chi connectivity index (χ4n) is 1.24. The van der Waals surface area contributed by atoms with Gasteiger partial charge in [-0.25, -0.2) is 0 Å². The minimum atomic E-state index is -1.20. The maximum atomic E-state index is 11.0. The van der Waals surface area contributed by atoms with Crippen molar-refractivity contribution in [3.05, 3.63) is 35.4 Å². The Morgan fingerprint density at radius 2 is 1.80 bits per heavy atom. The largest absolute Gasteiger partial charge is 0.394 e. The predicted molar refractivity (Wildman–Crippen MR) is 54.5 cm³/mol. The van der Waals surface area contributed by atoms with Crippen molar-refractivity contribution in [3.8, 4) is 0 Å². The summed E-state index contributed by atoms with van der Waals surface area (Å²) in [6, 6.07) is 6.26. The second-order valence-electron chi connectivity index (χ2n) is 3.37. The van der Waals surface area contributed by atoms with Gasteiger partial charge in [-0.15, -0.1) is 0 Å². The molecule has 0 heterocycles. The Hall–Kier alpha value is -1.23. The molecule has 4 heteroatoms. The van der Waals surface area contributed by atoms with E-state index < -0.39 is 18.8 Å². The van der Waals surface area contributed by atoms with Gasteiger partial charge in [0.25, 0.3) is 0 Å². The average molecular weight is 210 g/mol. The number of aliphatic hydroxyl groups excluding tert-OH is 3. The van der Waals surface area contributed by atoms with Crippen LogP contribution in [-0.4, -0.2) is 33.8 Å². The van der Waals surface area contributed by atoms with Gasteiger partial charge in [0.15, 0.2) is 5.78 Å². The van der Waals surface area contributed by atoms with E-state index >= 15 is 0 Å². The lowest BCUT2D eigenvalue weighted by molar-refractivity contribution is -0.0152. The molecule has 0 amide bonds. The standard InChI is InChI=1S/C11H14O4/c1-7(13)8-2-4-9(5-3-8)11(15)10(14)6-12/h2-5,10-12,14-15H,6H2,1H3. The Kier molecular flexibility index (Phi) is 3.96. The number of hydrogen-bond acceptors (Lipinski definition) is 4. The molecule has 0 aliphatic rings. The molecular formula is C11H14O4. The number of carbonyl (C=O) groups excluding carboxylic acids is 1. The van der Waals surface area contributed by atoms with Crippen molar-refractivity contribution in [3.63, 3.8) is 0 Å². The Labute approximate surface area is 87.8 Å². The zero-order chi connectivity index (χ0) is 11.4. The van der Waals surface area contributed by atoms with Crippen molar-refractivity contribution in [2.45, 2.75) is 19.1 Å². The van der Waals surface area contributed by atoms with Crippen molar-refractivity contribution < 1.29 is 20.1 Å². The van der Waals surface area contributed by atoms with Crippen molar-refractivity contribution in [2.24, 2.45) is 0 Å². The summed E-state index contributed by atoms with van der Waals surface area (Å²) in [7, 11) is 0. The molecule has 1 aromatic carbocycles. The van der Waals surface area contributed by atoms with E-state index in [2.05, 4.69) is 0 Å². The van der Waals surface area contributed by atoms with Crippen LogP contribution >= 0.6 is 0 Å². The molecule has 1 rings (SSSR count). The van der Waals surface area contributed by atoms with Crippen molar-refractivity contribution in [1.82, 2.24) is 0 Å². The molecule has 82 valence electrons. The average Bonchev–Trinajstić information content (AvgIpc) is 2.27. The fourth-order valence-corrected chi connectivity index (χ4v) is 1.24. The number of hydrogen-bond donors (Lipinski definition) is 3. The molecule has 3 N–H and O–H groups in total. The normalized spacial score (nSPS) is 14.7. The summed E-state index contributed by atoms with van der Waals surface area (Å²) in [6.45, 7) is 0.948. The first-order valence-corrected chi connectivity index (χ1v) is 4.64. The fraction of sp³-hybridized carbons (Fsp3) is 0.364. The number of ketones is 1. The first kappa shape index (κ1) is 11.8. The second kappa shape index (κ2) is 5.02. The summed E-state index contributed by atoms with van der Waals surface area (Å²) in [5.74, 6) is -0.0567. The molecule has 0 aromatic heterocycles. The third-order valence-corrected chi connectivity index (χ3v) is 2.21. The zero-order valence-corrected chi connectivity index (χ0v) is 8.42. The zero-order valence-electron chi connectivity index (χ0n) is 8.42. The molecule has 0 bridgehead atoms. The van der Waals surface area contributed by atoms with Gasteiger partial charge in [0.1, 0.15) is 12.2 Å². The van der Waals surface area contributed by atoms with Gasteiger partial charge in [-0.05, 0) is 12.5 Å². The number of benzene rings is 1. The SMILES string of the molecule is CC(=O)c1ccc(C(O)C(O)CO)cc1. The van der Waals surface area contributed by atoms with Gasteiger partial charge in [0.2, 0.25) is 0 Å². The summed E-state index contributed by atoms with van der Waals surface area (Å²) in [5, 5.41) is 27.4. The third kappa shape index (κ3) is 2.86. The molecule has 2 unspecified atom stereocenters. The van der Waals surface area contributed by atoms with E-state index in [1.54, 1.807) is 24.3 Å². The van der Waals surface area contributed by atoms with Gasteiger partial charge in [-0.3, -0.25) is 4.79 Å². The Bertz CT molecular complexity index is 331. The van der Waals surface area contributed by atoms with Gasteiger partial charge in [-0.2, -0.15) is 0 Å². The first-order valence-electron chi connectivity index (χ1n) is 4.64. The monoisotopic (exact) mass is 210 g/mol. The highest BCUT2D eigenvalue weighted by atomic mass is 16.4. The molecule has 0 saturated heterocycles. The number of carbonyl (C=O) groups is 1. The van der Waals surface area contributed by atoms with Crippen LogP contribution in [0.3, 0.4) is 0 Å². The second-order valence-corrected chi connectivity index (χ2v) is 3.37. The van der Waals surface area contributed by atoms with Crippen LogP contribution in [-0.2, 0) is 0 Å². The lowest BCUT2D eigenvalue weighted by Crippen LogP contribution is -2.22. The van der Waals surface area contributed by atoms with Crippen LogP contribution in [0.5, 0.6) is 0 Å². The van der Waals surface area contributed by atoms with E-state index in [0.29, 0.717) is 11.1 Å². The number of Topliss-reactive ketones (excluding diaryl/α,β-unsaturated/α-hetero) is 1. The highest BCUT2D eigenvalue weighted by molar-refractivity contribution is 5.94. The van der Waals surface area contributed by atoms with Crippen LogP contribution in [0.15, 0.2) is 24.3 Å². The molecule has 15 heavy (non-hydrogen) atoms. The van der Waals surface area contributed by atoms with E-state index in [9.17, 15) is 15.0 Å². The van der Waals surface area contributed by atoms with Crippen molar-refractivity contribution >= 4 is 5.78 Å². The van der Waals surface area contributed by atoms with Gasteiger partial charge in [0, 0.05) is 5.56 Å². The van der Waals surface area contributed by atoms with Crippen molar-refractivity contribution in [2.75, 3.05) is 6.61 Å². The summed E-state index contributed by atoms with van der Waals surface area (Å²) in [5.41, 5.74) is 1.02. The van der Waals surface area contributed by atoms with Crippen LogP contribution in [0.1, 0.15) is 28.9 Å². The molecule has 2 atom stereocenters. The minimum Gasteiger partial charge on any atom is -0.394 e. The van der Waals surface area contributed by atoms with Crippen LogP contribution in [0, 0.1) is 0 Å². The predicted octanol–water partition coefficient (Wildman–Crippen LogP) is 0.276. The molecule has 1 aromatic rings. The first-order chi connectivity index (χ1) is 7.06. The highest BCUT2D eigenvalue weighted by Crippen LogP contribution is 2.17. The van der Waals surface area contributed by atoms with Gasteiger partial charge >= 0.3 is 0 Å².